The molecule has 0 aromatic carbocycles. The van der Waals surface area contributed by atoms with E-state index >= 15 is 0 Å². The number of hydrogen-bond donors (Lipinski definition) is 1. The molecule has 2 N–H and O–H groups in total. The van der Waals surface area contributed by atoms with E-state index in [9.17, 15) is 0 Å². The maximum atomic E-state index is 5.06. The molecule has 0 heterocycles. The normalized spacial score (nSPS) is 15.8. The van der Waals surface area contributed by atoms with Crippen LogP contribution >= 0.6 is 0 Å². The van der Waals surface area contributed by atoms with Gasteiger partial charge in [0.05, 0.1) is 0 Å². The molecule has 0 aromatic rings. The van der Waals surface area contributed by atoms with Gasteiger partial charge in [-0.3, -0.25) is 0 Å². The van der Waals surface area contributed by atoms with Crippen LogP contribution < -0.4 is 5.73 Å². The van der Waals surface area contributed by atoms with Crippen molar-refractivity contribution in [3.05, 3.63) is 0 Å². The fraction of sp³-hybridized carbons (Fsp3) is 1.00. The molecule has 0 spiro atoms. The Balaban J connectivity index is 2.32. The van der Waals surface area contributed by atoms with E-state index in [4.69, 9.17) is 5.73 Å². The van der Waals surface area contributed by atoms with Crippen LogP contribution in [-0.2, 0) is 0 Å². The Morgan fingerprint density at radius 1 is 2.00 bits per heavy atom. The average molecular weight is 123 g/mol. The summed E-state index contributed by atoms with van der Waals surface area (Å²) in [5.74, 6) is 0. The summed E-state index contributed by atoms with van der Waals surface area (Å²) in [6.45, 7) is 1.89. The molecule has 0 bridgehead atoms. The van der Waals surface area contributed by atoms with Gasteiger partial charge in [0.2, 0.25) is 0 Å². The van der Waals surface area contributed by atoms with Gasteiger partial charge in [0.15, 0.2) is 0 Å². The van der Waals surface area contributed by atoms with Crippen LogP contribution in [0.25, 0.3) is 0 Å². The number of rotatable bonds is 0. The van der Waals surface area contributed by atoms with Crippen molar-refractivity contribution in [3.8, 4) is 0 Å². The zero-order valence-electron chi connectivity index (χ0n) is 2.56. The molecule has 1 radical (unpaired) electrons. The minimum atomic E-state index is 0.208. The van der Waals surface area contributed by atoms with Crippen LogP contribution in [0.3, 0.4) is 0 Å². The Bertz CT molecular complexity index is 10.8. The van der Waals surface area contributed by atoms with Crippen LogP contribution in [0.5, 0.6) is 0 Å². The van der Waals surface area contributed by atoms with Crippen molar-refractivity contribution in [2.24, 2.45) is 5.73 Å². The number of hydrogen-bond acceptors (Lipinski definition) is 1. The van der Waals surface area contributed by atoms with E-state index in [1.807, 2.05) is 6.92 Å². The molecule has 1 atom stereocenters. The first-order valence-electron chi connectivity index (χ1n) is 1.15. The Kier molecular flexibility index (Phi) is 1.98. The average Bonchev–Trinajstić information content (AvgIpc) is 0.811. The Morgan fingerprint density at radius 3 is 2.00 bits per heavy atom. The predicted molar refractivity (Wildman–Crippen MR) is 19.4 cm³/mol. The van der Waals surface area contributed by atoms with Crippen molar-refractivity contribution < 1.29 is 0 Å². The SMILES string of the molecule is CC(N)[Se]. The van der Waals surface area contributed by atoms with Crippen LogP contribution in [0.2, 0.25) is 0 Å². The first-order valence-corrected chi connectivity index (χ1v) is 2.14. The molecule has 0 rings (SSSR count). The molecule has 4 heavy (non-hydrogen) atoms. The van der Waals surface area contributed by atoms with Gasteiger partial charge >= 0.3 is 33.6 Å². The Labute approximate surface area is 34.4 Å². The molecule has 0 aliphatic rings. The molecular weight excluding hydrogens is 117 g/mol. The van der Waals surface area contributed by atoms with Crippen molar-refractivity contribution >= 4 is 16.0 Å². The van der Waals surface area contributed by atoms with Gasteiger partial charge in [0.25, 0.3) is 0 Å². The van der Waals surface area contributed by atoms with Crippen molar-refractivity contribution in [1.29, 1.82) is 0 Å². The van der Waals surface area contributed by atoms with Gasteiger partial charge in [-0.15, -0.1) is 0 Å². The Hall–Kier alpha value is 0.479. The molecular formula is C2H6NSe. The summed E-state index contributed by atoms with van der Waals surface area (Å²) in [5, 5.41) is 0. The topological polar surface area (TPSA) is 26.0 Å². The summed E-state index contributed by atoms with van der Waals surface area (Å²) in [4.78, 5) is 0.208. The first-order chi connectivity index (χ1) is 1.73. The van der Waals surface area contributed by atoms with E-state index in [0.717, 1.165) is 0 Å². The van der Waals surface area contributed by atoms with Crippen LogP contribution in [0.1, 0.15) is 6.92 Å². The molecule has 2 heteroatoms. The molecule has 1 unspecified atom stereocenters. The third kappa shape index (κ3) is 23.6. The maximum absolute atomic E-state index is 5.06. The second-order valence-corrected chi connectivity index (χ2v) is 2.27. The fourth-order valence-electron chi connectivity index (χ4n) is 0. The van der Waals surface area contributed by atoms with E-state index < -0.39 is 0 Å². The molecule has 0 saturated heterocycles. The molecule has 0 fully saturated rings. The second-order valence-electron chi connectivity index (χ2n) is 0.705. The van der Waals surface area contributed by atoms with Gasteiger partial charge < -0.3 is 0 Å². The summed E-state index contributed by atoms with van der Waals surface area (Å²) in [6, 6.07) is 0. The van der Waals surface area contributed by atoms with Crippen LogP contribution in [-0.4, -0.2) is 21.0 Å². The summed E-state index contributed by atoms with van der Waals surface area (Å²) in [6.07, 6.45) is 0. The van der Waals surface area contributed by atoms with E-state index in [1.165, 1.54) is 0 Å². The van der Waals surface area contributed by atoms with Crippen LogP contribution in [0, 0.1) is 0 Å². The molecule has 0 saturated carbocycles. The second kappa shape index (κ2) is 1.77. The van der Waals surface area contributed by atoms with E-state index in [1.54, 1.807) is 0 Å². The van der Waals surface area contributed by atoms with Gasteiger partial charge in [-0.25, -0.2) is 0 Å². The van der Waals surface area contributed by atoms with Crippen LogP contribution in [0.15, 0.2) is 0 Å². The third-order valence-corrected chi connectivity index (χ3v) is 0. The molecule has 0 aliphatic heterocycles. The minimum absolute atomic E-state index is 0.208. The number of nitrogens with two attached hydrogens (primary N) is 1. The first kappa shape index (κ1) is 4.48. The van der Waals surface area contributed by atoms with Crippen molar-refractivity contribution in [2.75, 3.05) is 0 Å². The van der Waals surface area contributed by atoms with Crippen LogP contribution in [0.4, 0.5) is 0 Å². The van der Waals surface area contributed by atoms with Gasteiger partial charge in [-0.05, 0) is 0 Å². The fourth-order valence-corrected chi connectivity index (χ4v) is 0. The van der Waals surface area contributed by atoms with Gasteiger partial charge in [-0.2, -0.15) is 0 Å². The standard InChI is InChI=1S/C2H6NSe/c1-2(3)4/h2H,3H2,1H3. The predicted octanol–water partition coefficient (Wildman–Crippen LogP) is -0.540. The molecule has 1 nitrogen and oxygen atoms in total. The third-order valence-electron chi connectivity index (χ3n) is 0. The molecule has 0 aliphatic carbocycles. The van der Waals surface area contributed by atoms with E-state index in [0.29, 0.717) is 0 Å². The molecule has 0 aromatic heterocycles. The zero-order valence-corrected chi connectivity index (χ0v) is 4.28. The van der Waals surface area contributed by atoms with Crippen molar-refractivity contribution in [2.45, 2.75) is 11.9 Å². The van der Waals surface area contributed by atoms with E-state index in [-0.39, 0.29) is 4.94 Å². The monoisotopic (exact) mass is 124 g/mol. The zero-order chi connectivity index (χ0) is 3.58. The van der Waals surface area contributed by atoms with Gasteiger partial charge in [-0.1, -0.05) is 0 Å². The summed E-state index contributed by atoms with van der Waals surface area (Å²) >= 11 is 2.68. The van der Waals surface area contributed by atoms with Crippen molar-refractivity contribution in [3.63, 3.8) is 0 Å². The summed E-state index contributed by atoms with van der Waals surface area (Å²) in [7, 11) is 0. The summed E-state index contributed by atoms with van der Waals surface area (Å²) < 4.78 is 0. The molecule has 0 amide bonds. The Morgan fingerprint density at radius 2 is 2.00 bits per heavy atom. The van der Waals surface area contributed by atoms with Crippen molar-refractivity contribution in [1.82, 2.24) is 0 Å². The molecule has 25 valence electrons. The quantitative estimate of drug-likeness (QED) is 0.430. The van der Waals surface area contributed by atoms with E-state index in [2.05, 4.69) is 16.0 Å². The van der Waals surface area contributed by atoms with Gasteiger partial charge in [0.1, 0.15) is 0 Å². The summed E-state index contributed by atoms with van der Waals surface area (Å²) in [5.41, 5.74) is 5.06. The van der Waals surface area contributed by atoms with Gasteiger partial charge in [0, 0.05) is 0 Å².